The molecule has 0 amide bonds. The molecule has 0 aliphatic heterocycles. The van der Waals surface area contributed by atoms with Crippen LogP contribution in [0.2, 0.25) is 0 Å². The van der Waals surface area contributed by atoms with E-state index in [1.807, 2.05) is 30.3 Å². The number of oxazole rings is 1. The van der Waals surface area contributed by atoms with Crippen LogP contribution < -0.4 is 4.90 Å². The van der Waals surface area contributed by atoms with Crippen LogP contribution in [-0.2, 0) is 5.41 Å². The summed E-state index contributed by atoms with van der Waals surface area (Å²) in [6.07, 6.45) is 0. The van der Waals surface area contributed by atoms with E-state index in [9.17, 15) is 0 Å². The topological polar surface area (TPSA) is 29.3 Å². The van der Waals surface area contributed by atoms with Gasteiger partial charge < -0.3 is 9.32 Å². The van der Waals surface area contributed by atoms with E-state index in [-0.39, 0.29) is 5.41 Å². The highest BCUT2D eigenvalue weighted by molar-refractivity contribution is 6.11. The molecule has 0 unspecified atom stereocenters. The Balaban J connectivity index is 1.09. The predicted octanol–water partition coefficient (Wildman–Crippen LogP) is 13.8. The van der Waals surface area contributed by atoms with Gasteiger partial charge in [-0.3, -0.25) is 0 Å². The van der Waals surface area contributed by atoms with Gasteiger partial charge in [0, 0.05) is 33.4 Å². The normalized spacial score (nSPS) is 12.9. The maximum absolute atomic E-state index is 6.40. The summed E-state index contributed by atoms with van der Waals surface area (Å²) < 4.78 is 6.40. The van der Waals surface area contributed by atoms with Crippen molar-refractivity contribution in [1.82, 2.24) is 4.98 Å². The summed E-state index contributed by atoms with van der Waals surface area (Å²) in [6.45, 7) is 4.66. The second-order valence-corrected chi connectivity index (χ2v) is 14.4. The van der Waals surface area contributed by atoms with E-state index in [2.05, 4.69) is 170 Å². The molecule has 1 aromatic heterocycles. The molecule has 0 fully saturated rings. The number of anilines is 3. The standard InChI is InChI=1S/C50H36N2O/c1-50(2)45-20-12-11-18-41(45)44-31-39(29-30-46(44)50)52(37-25-21-34(22-26-37)33-13-5-3-6-14-33)38-27-23-35(24-28-38)43-32-47-48(42-19-10-9-17-40(42)43)51-49(53-47)36-15-7-4-8-16-36/h3-32H,1-2H3. The van der Waals surface area contributed by atoms with Crippen molar-refractivity contribution < 1.29 is 4.42 Å². The molecule has 0 N–H and O–H groups in total. The van der Waals surface area contributed by atoms with Crippen molar-refractivity contribution in [2.75, 3.05) is 4.90 Å². The van der Waals surface area contributed by atoms with Gasteiger partial charge in [0.1, 0.15) is 5.52 Å². The van der Waals surface area contributed by atoms with Crippen molar-refractivity contribution >= 4 is 38.9 Å². The molecule has 1 aliphatic carbocycles. The molecular weight excluding hydrogens is 645 g/mol. The highest BCUT2D eigenvalue weighted by atomic mass is 16.3. The molecule has 10 rings (SSSR count). The van der Waals surface area contributed by atoms with E-state index < -0.39 is 0 Å². The number of rotatable bonds is 6. The summed E-state index contributed by atoms with van der Waals surface area (Å²) in [7, 11) is 0. The third-order valence-corrected chi connectivity index (χ3v) is 10.9. The van der Waals surface area contributed by atoms with Crippen LogP contribution >= 0.6 is 0 Å². The fourth-order valence-electron chi connectivity index (χ4n) is 8.22. The number of hydrogen-bond acceptors (Lipinski definition) is 3. The second-order valence-electron chi connectivity index (χ2n) is 14.4. The average molecular weight is 681 g/mol. The van der Waals surface area contributed by atoms with Gasteiger partial charge in [-0.25, -0.2) is 4.98 Å². The Morgan fingerprint density at radius 2 is 0.981 bits per heavy atom. The molecule has 252 valence electrons. The van der Waals surface area contributed by atoms with Crippen LogP contribution in [0.15, 0.2) is 186 Å². The number of benzene rings is 8. The van der Waals surface area contributed by atoms with E-state index in [1.54, 1.807) is 0 Å². The fourth-order valence-corrected chi connectivity index (χ4v) is 8.22. The monoisotopic (exact) mass is 680 g/mol. The number of aromatic nitrogens is 1. The highest BCUT2D eigenvalue weighted by Gasteiger charge is 2.35. The van der Waals surface area contributed by atoms with Crippen LogP contribution in [0.5, 0.6) is 0 Å². The molecule has 9 aromatic rings. The maximum Gasteiger partial charge on any atom is 0.227 e. The molecule has 1 aliphatic rings. The SMILES string of the molecule is CC1(C)c2ccccc2-c2cc(N(c3ccc(-c4ccccc4)cc3)c3ccc(-c4cc5oc(-c6ccccc6)nc5c5ccccc45)cc3)ccc21. The van der Waals surface area contributed by atoms with Crippen LogP contribution in [-0.4, -0.2) is 4.98 Å². The summed E-state index contributed by atoms with van der Waals surface area (Å²) in [5.41, 5.74) is 15.9. The van der Waals surface area contributed by atoms with Gasteiger partial charge in [-0.05, 0) is 104 Å². The molecule has 0 bridgehead atoms. The van der Waals surface area contributed by atoms with Gasteiger partial charge in [0.2, 0.25) is 5.89 Å². The van der Waals surface area contributed by atoms with Crippen molar-refractivity contribution in [3.05, 3.63) is 193 Å². The molecular formula is C50H36N2O. The molecule has 53 heavy (non-hydrogen) atoms. The van der Waals surface area contributed by atoms with Gasteiger partial charge in [0.05, 0.1) is 0 Å². The van der Waals surface area contributed by atoms with Crippen LogP contribution in [0, 0.1) is 0 Å². The van der Waals surface area contributed by atoms with Gasteiger partial charge >= 0.3 is 0 Å². The molecule has 3 heteroatoms. The van der Waals surface area contributed by atoms with E-state index in [1.165, 1.54) is 33.4 Å². The average Bonchev–Trinajstić information content (AvgIpc) is 3.76. The largest absolute Gasteiger partial charge is 0.436 e. The van der Waals surface area contributed by atoms with Crippen molar-refractivity contribution in [2.24, 2.45) is 0 Å². The third kappa shape index (κ3) is 5.16. The zero-order valence-electron chi connectivity index (χ0n) is 29.6. The summed E-state index contributed by atoms with van der Waals surface area (Å²) >= 11 is 0. The first-order valence-corrected chi connectivity index (χ1v) is 18.2. The molecule has 0 saturated heterocycles. The molecule has 8 aromatic carbocycles. The lowest BCUT2D eigenvalue weighted by molar-refractivity contribution is 0.620. The fraction of sp³-hybridized carbons (Fsp3) is 0.0600. The van der Waals surface area contributed by atoms with E-state index in [4.69, 9.17) is 9.40 Å². The Hall–Kier alpha value is -6.71. The number of hydrogen-bond donors (Lipinski definition) is 0. The first kappa shape index (κ1) is 31.1. The van der Waals surface area contributed by atoms with Crippen molar-refractivity contribution in [3.63, 3.8) is 0 Å². The van der Waals surface area contributed by atoms with Crippen LogP contribution in [0.4, 0.5) is 17.1 Å². The van der Waals surface area contributed by atoms with Gasteiger partial charge in [-0.15, -0.1) is 0 Å². The second kappa shape index (κ2) is 12.2. The Morgan fingerprint density at radius 3 is 1.70 bits per heavy atom. The van der Waals surface area contributed by atoms with Gasteiger partial charge in [0.25, 0.3) is 0 Å². The van der Waals surface area contributed by atoms with E-state index >= 15 is 0 Å². The van der Waals surface area contributed by atoms with E-state index in [0.29, 0.717) is 5.89 Å². The Morgan fingerprint density at radius 1 is 0.434 bits per heavy atom. The number of nitrogens with zero attached hydrogens (tertiary/aromatic N) is 2. The summed E-state index contributed by atoms with van der Waals surface area (Å²) in [5, 5.41) is 2.23. The van der Waals surface area contributed by atoms with Crippen molar-refractivity contribution in [2.45, 2.75) is 19.3 Å². The zero-order valence-corrected chi connectivity index (χ0v) is 29.6. The van der Waals surface area contributed by atoms with Gasteiger partial charge in [0.15, 0.2) is 5.58 Å². The third-order valence-electron chi connectivity index (χ3n) is 10.9. The molecule has 0 radical (unpaired) electrons. The summed E-state index contributed by atoms with van der Waals surface area (Å²) in [6, 6.07) is 65.0. The maximum atomic E-state index is 6.40. The smallest absolute Gasteiger partial charge is 0.227 e. The molecule has 0 spiro atoms. The zero-order chi connectivity index (χ0) is 35.5. The van der Waals surface area contributed by atoms with Gasteiger partial charge in [-0.1, -0.05) is 141 Å². The van der Waals surface area contributed by atoms with Crippen LogP contribution in [0.25, 0.3) is 66.7 Å². The quantitative estimate of drug-likeness (QED) is 0.175. The van der Waals surface area contributed by atoms with Crippen LogP contribution in [0.1, 0.15) is 25.0 Å². The Bertz CT molecular complexity index is 2780. The van der Waals surface area contributed by atoms with Crippen molar-refractivity contribution in [3.8, 4) is 44.8 Å². The molecule has 3 nitrogen and oxygen atoms in total. The Labute approximate surface area is 309 Å². The molecule has 1 heterocycles. The molecule has 0 saturated carbocycles. The predicted molar refractivity (Wildman–Crippen MR) is 220 cm³/mol. The van der Waals surface area contributed by atoms with Gasteiger partial charge in [-0.2, -0.15) is 0 Å². The van der Waals surface area contributed by atoms with E-state index in [0.717, 1.165) is 55.6 Å². The first-order valence-electron chi connectivity index (χ1n) is 18.2. The lowest BCUT2D eigenvalue weighted by Crippen LogP contribution is -2.15. The minimum Gasteiger partial charge on any atom is -0.436 e. The van der Waals surface area contributed by atoms with Crippen molar-refractivity contribution in [1.29, 1.82) is 0 Å². The Kier molecular flexibility index (Phi) is 7.16. The summed E-state index contributed by atoms with van der Waals surface area (Å²) in [5.74, 6) is 0.632. The van der Waals surface area contributed by atoms with Crippen LogP contribution in [0.3, 0.4) is 0 Å². The molecule has 0 atom stereocenters. The minimum atomic E-state index is -0.0521. The first-order chi connectivity index (χ1) is 26.0. The lowest BCUT2D eigenvalue weighted by atomic mass is 9.82. The lowest BCUT2D eigenvalue weighted by Gasteiger charge is -2.27. The summed E-state index contributed by atoms with van der Waals surface area (Å²) in [4.78, 5) is 7.32. The number of fused-ring (bicyclic) bond motifs is 6. The minimum absolute atomic E-state index is 0.0521. The highest BCUT2D eigenvalue weighted by Crippen LogP contribution is 2.50.